The third-order valence-electron chi connectivity index (χ3n) is 3.67. The summed E-state index contributed by atoms with van der Waals surface area (Å²) < 4.78 is 10.6. The van der Waals surface area contributed by atoms with Crippen LogP contribution < -0.4 is 9.47 Å². The molecular weight excluding hydrogens is 252 g/mol. The lowest BCUT2D eigenvalue weighted by molar-refractivity contribution is 0.104. The SMILES string of the molecule is O=C1/C(=C/c2ccc3c(c2)OCO3)Cc2ccccc21. The third kappa shape index (κ3) is 1.71. The van der Waals surface area contributed by atoms with E-state index < -0.39 is 0 Å². The molecule has 1 heterocycles. The Morgan fingerprint density at radius 1 is 1.00 bits per heavy atom. The Balaban J connectivity index is 1.71. The monoisotopic (exact) mass is 264 g/mol. The minimum Gasteiger partial charge on any atom is -0.454 e. The molecule has 0 saturated heterocycles. The highest BCUT2D eigenvalue weighted by molar-refractivity contribution is 6.15. The number of fused-ring (bicyclic) bond motifs is 2. The van der Waals surface area contributed by atoms with Gasteiger partial charge in [-0.1, -0.05) is 30.3 Å². The minimum absolute atomic E-state index is 0.123. The van der Waals surface area contributed by atoms with E-state index in [1.165, 1.54) is 0 Å². The molecule has 0 radical (unpaired) electrons. The molecule has 0 aromatic heterocycles. The maximum Gasteiger partial charge on any atom is 0.231 e. The third-order valence-corrected chi connectivity index (χ3v) is 3.67. The topological polar surface area (TPSA) is 35.5 Å². The largest absolute Gasteiger partial charge is 0.454 e. The summed E-state index contributed by atoms with van der Waals surface area (Å²) in [5, 5.41) is 0. The zero-order valence-corrected chi connectivity index (χ0v) is 10.8. The molecule has 0 atom stereocenters. The van der Waals surface area contributed by atoms with E-state index in [0.29, 0.717) is 6.42 Å². The number of rotatable bonds is 1. The normalized spacial score (nSPS) is 17.6. The molecule has 3 nitrogen and oxygen atoms in total. The molecule has 0 N–H and O–H groups in total. The molecule has 0 unspecified atom stereocenters. The Hall–Kier alpha value is -2.55. The Morgan fingerprint density at radius 2 is 1.85 bits per heavy atom. The molecule has 0 fully saturated rings. The lowest BCUT2D eigenvalue weighted by Crippen LogP contribution is -1.94. The van der Waals surface area contributed by atoms with Crippen LogP contribution in [0.3, 0.4) is 0 Å². The molecule has 20 heavy (non-hydrogen) atoms. The summed E-state index contributed by atoms with van der Waals surface area (Å²) in [4.78, 5) is 12.3. The zero-order chi connectivity index (χ0) is 13.5. The van der Waals surface area contributed by atoms with Crippen LogP contribution in [0.15, 0.2) is 48.0 Å². The quantitative estimate of drug-likeness (QED) is 0.742. The van der Waals surface area contributed by atoms with Crippen molar-refractivity contribution in [2.24, 2.45) is 0 Å². The lowest BCUT2D eigenvalue weighted by atomic mass is 10.1. The Labute approximate surface area is 116 Å². The van der Waals surface area contributed by atoms with Crippen LogP contribution in [0, 0.1) is 0 Å². The summed E-state index contributed by atoms with van der Waals surface area (Å²) in [6.45, 7) is 0.264. The van der Waals surface area contributed by atoms with Crippen LogP contribution in [0.1, 0.15) is 21.5 Å². The van der Waals surface area contributed by atoms with E-state index in [1.54, 1.807) is 0 Å². The van der Waals surface area contributed by atoms with Gasteiger partial charge in [0.1, 0.15) is 0 Å². The van der Waals surface area contributed by atoms with E-state index in [0.717, 1.165) is 33.8 Å². The van der Waals surface area contributed by atoms with E-state index in [4.69, 9.17) is 9.47 Å². The summed E-state index contributed by atoms with van der Waals surface area (Å²) in [5.41, 5.74) is 3.71. The Bertz CT molecular complexity index is 744. The minimum atomic E-state index is 0.123. The van der Waals surface area contributed by atoms with Crippen molar-refractivity contribution in [2.45, 2.75) is 6.42 Å². The molecule has 0 amide bonds. The van der Waals surface area contributed by atoms with Gasteiger partial charge in [-0.3, -0.25) is 4.79 Å². The summed E-state index contributed by atoms with van der Waals surface area (Å²) >= 11 is 0. The fourth-order valence-corrected chi connectivity index (χ4v) is 2.68. The maximum absolute atomic E-state index is 12.3. The molecule has 0 spiro atoms. The first-order valence-corrected chi connectivity index (χ1v) is 6.54. The number of hydrogen-bond acceptors (Lipinski definition) is 3. The number of ketones is 1. The summed E-state index contributed by atoms with van der Waals surface area (Å²) in [5.74, 6) is 1.62. The standard InChI is InChI=1S/C17H12O3/c18-17-13(9-12-3-1-2-4-14(12)17)7-11-5-6-15-16(8-11)20-10-19-15/h1-8H,9-10H2/b13-7+. The molecule has 0 saturated carbocycles. The van der Waals surface area contributed by atoms with Crippen LogP contribution in [0.4, 0.5) is 0 Å². The molecule has 1 aliphatic heterocycles. The predicted octanol–water partition coefficient (Wildman–Crippen LogP) is 3.24. The summed E-state index contributed by atoms with van der Waals surface area (Å²) in [7, 11) is 0. The van der Waals surface area contributed by atoms with Gasteiger partial charge in [0.05, 0.1) is 0 Å². The van der Waals surface area contributed by atoms with Crippen LogP contribution >= 0.6 is 0 Å². The van der Waals surface area contributed by atoms with Crippen molar-refractivity contribution in [3.8, 4) is 11.5 Å². The van der Waals surface area contributed by atoms with Crippen molar-refractivity contribution >= 4 is 11.9 Å². The van der Waals surface area contributed by atoms with Gasteiger partial charge in [-0.15, -0.1) is 0 Å². The van der Waals surface area contributed by atoms with Gasteiger partial charge >= 0.3 is 0 Å². The van der Waals surface area contributed by atoms with Crippen molar-refractivity contribution in [3.05, 3.63) is 64.7 Å². The van der Waals surface area contributed by atoms with Crippen LogP contribution in [0.25, 0.3) is 6.08 Å². The first-order valence-electron chi connectivity index (χ1n) is 6.54. The smallest absolute Gasteiger partial charge is 0.231 e. The van der Waals surface area contributed by atoms with Gasteiger partial charge in [0.2, 0.25) is 6.79 Å². The number of Topliss-reactive ketones (excluding diaryl/α,β-unsaturated/α-hetero) is 1. The van der Waals surface area contributed by atoms with Crippen molar-refractivity contribution in [2.75, 3.05) is 6.79 Å². The number of ether oxygens (including phenoxy) is 2. The van der Waals surface area contributed by atoms with Crippen molar-refractivity contribution in [1.29, 1.82) is 0 Å². The first kappa shape index (κ1) is 11.3. The van der Waals surface area contributed by atoms with Crippen molar-refractivity contribution in [1.82, 2.24) is 0 Å². The maximum atomic E-state index is 12.3. The van der Waals surface area contributed by atoms with Crippen LogP contribution in [-0.2, 0) is 6.42 Å². The predicted molar refractivity (Wildman–Crippen MR) is 75.0 cm³/mol. The average molecular weight is 264 g/mol. The van der Waals surface area contributed by atoms with Gasteiger partial charge in [-0.25, -0.2) is 0 Å². The Morgan fingerprint density at radius 3 is 2.75 bits per heavy atom. The molecule has 2 aromatic carbocycles. The molecule has 1 aliphatic carbocycles. The molecule has 3 heteroatoms. The van der Waals surface area contributed by atoms with Gasteiger partial charge < -0.3 is 9.47 Å². The van der Waals surface area contributed by atoms with E-state index in [-0.39, 0.29) is 12.6 Å². The van der Waals surface area contributed by atoms with Crippen molar-refractivity contribution in [3.63, 3.8) is 0 Å². The average Bonchev–Trinajstić information content (AvgIpc) is 3.05. The number of hydrogen-bond donors (Lipinski definition) is 0. The number of allylic oxidation sites excluding steroid dienone is 1. The highest BCUT2D eigenvalue weighted by Crippen LogP contribution is 2.34. The molecule has 0 bridgehead atoms. The number of benzene rings is 2. The van der Waals surface area contributed by atoms with E-state index >= 15 is 0 Å². The van der Waals surface area contributed by atoms with Gasteiger partial charge in [-0.05, 0) is 29.3 Å². The molecule has 2 aromatic rings. The first-order chi connectivity index (χ1) is 9.81. The zero-order valence-electron chi connectivity index (χ0n) is 10.8. The fourth-order valence-electron chi connectivity index (χ4n) is 2.68. The Kier molecular flexibility index (Phi) is 2.39. The summed E-state index contributed by atoms with van der Waals surface area (Å²) in [6.07, 6.45) is 2.63. The van der Waals surface area contributed by atoms with E-state index in [2.05, 4.69) is 0 Å². The van der Waals surface area contributed by atoms with Crippen LogP contribution in [0.2, 0.25) is 0 Å². The molecular formula is C17H12O3. The van der Waals surface area contributed by atoms with Crippen molar-refractivity contribution < 1.29 is 14.3 Å². The number of carbonyl (C=O) groups excluding carboxylic acids is 1. The van der Waals surface area contributed by atoms with Crippen LogP contribution in [0.5, 0.6) is 11.5 Å². The van der Waals surface area contributed by atoms with Gasteiger partial charge in [0.15, 0.2) is 17.3 Å². The second-order valence-corrected chi connectivity index (χ2v) is 4.95. The van der Waals surface area contributed by atoms with E-state index in [1.807, 2.05) is 48.5 Å². The van der Waals surface area contributed by atoms with E-state index in [9.17, 15) is 4.79 Å². The highest BCUT2D eigenvalue weighted by Gasteiger charge is 2.24. The lowest BCUT2D eigenvalue weighted by Gasteiger charge is -1.99. The molecule has 4 rings (SSSR count). The second kappa shape index (κ2) is 4.23. The van der Waals surface area contributed by atoms with Gasteiger partial charge in [0.25, 0.3) is 0 Å². The summed E-state index contributed by atoms with van der Waals surface area (Å²) in [6, 6.07) is 13.5. The van der Waals surface area contributed by atoms with Crippen LogP contribution in [-0.4, -0.2) is 12.6 Å². The van der Waals surface area contributed by atoms with Gasteiger partial charge in [0, 0.05) is 17.6 Å². The highest BCUT2D eigenvalue weighted by atomic mass is 16.7. The second-order valence-electron chi connectivity index (χ2n) is 4.95. The molecule has 2 aliphatic rings. The fraction of sp³-hybridized carbons (Fsp3) is 0.118. The van der Waals surface area contributed by atoms with Gasteiger partial charge in [-0.2, -0.15) is 0 Å². The number of carbonyl (C=O) groups is 1. The molecule has 98 valence electrons.